The number of hydrogen-bond acceptors (Lipinski definition) is 3. The Morgan fingerprint density at radius 2 is 1.65 bits per heavy atom. The molecule has 3 aromatic rings. The van der Waals surface area contributed by atoms with E-state index < -0.39 is 5.97 Å². The lowest BCUT2D eigenvalue weighted by Gasteiger charge is -2.13. The summed E-state index contributed by atoms with van der Waals surface area (Å²) in [6.45, 7) is 0.886. The number of rotatable bonds is 7. The molecule has 0 bridgehead atoms. The van der Waals surface area contributed by atoms with Crippen molar-refractivity contribution in [2.24, 2.45) is 0 Å². The van der Waals surface area contributed by atoms with E-state index in [1.54, 1.807) is 36.4 Å². The Kier molecular flexibility index (Phi) is 5.49. The van der Waals surface area contributed by atoms with Gasteiger partial charge < -0.3 is 15.2 Å². The van der Waals surface area contributed by atoms with E-state index in [4.69, 9.17) is 9.84 Å². The van der Waals surface area contributed by atoms with Crippen molar-refractivity contribution >= 4 is 11.7 Å². The first kappa shape index (κ1) is 17.5. The molecule has 0 unspecified atom stereocenters. The number of carboxylic acids is 1. The summed E-state index contributed by atoms with van der Waals surface area (Å²) in [5.41, 5.74) is 2.93. The monoisotopic (exact) mass is 351 g/mol. The zero-order valence-electron chi connectivity index (χ0n) is 14.0. The molecule has 3 aromatic carbocycles. The van der Waals surface area contributed by atoms with Gasteiger partial charge in [0, 0.05) is 17.8 Å². The van der Waals surface area contributed by atoms with Gasteiger partial charge in [-0.15, -0.1) is 0 Å². The van der Waals surface area contributed by atoms with Crippen LogP contribution in [0.3, 0.4) is 0 Å². The molecule has 0 heterocycles. The number of anilines is 1. The van der Waals surface area contributed by atoms with Crippen molar-refractivity contribution < 1.29 is 19.0 Å². The molecular weight excluding hydrogens is 333 g/mol. The standard InChI is InChI=1S/C21H18FNO3/c22-18-9-5-15(6-10-18)14-26-20-4-2-1-3-17(20)13-23-19-11-7-16(8-12-19)21(24)25/h1-12,23H,13-14H2,(H,24,25). The third kappa shape index (κ3) is 4.60. The molecule has 0 aliphatic heterocycles. The van der Waals surface area contributed by atoms with Gasteiger partial charge >= 0.3 is 5.97 Å². The first-order chi connectivity index (χ1) is 12.6. The van der Waals surface area contributed by atoms with E-state index in [1.807, 2.05) is 24.3 Å². The third-order valence-corrected chi connectivity index (χ3v) is 3.90. The Balaban J connectivity index is 1.63. The Bertz CT molecular complexity index is 877. The van der Waals surface area contributed by atoms with Gasteiger partial charge in [-0.05, 0) is 48.0 Å². The molecule has 5 heteroatoms. The maximum atomic E-state index is 13.0. The average molecular weight is 351 g/mol. The van der Waals surface area contributed by atoms with E-state index in [0.29, 0.717) is 13.2 Å². The van der Waals surface area contributed by atoms with E-state index in [1.165, 1.54) is 12.1 Å². The normalized spacial score (nSPS) is 10.3. The molecule has 0 radical (unpaired) electrons. The van der Waals surface area contributed by atoms with Crippen LogP contribution in [0, 0.1) is 5.82 Å². The highest BCUT2D eigenvalue weighted by Gasteiger charge is 2.05. The van der Waals surface area contributed by atoms with Gasteiger partial charge in [-0.2, -0.15) is 0 Å². The smallest absolute Gasteiger partial charge is 0.335 e. The van der Waals surface area contributed by atoms with Crippen LogP contribution in [-0.2, 0) is 13.2 Å². The quantitative estimate of drug-likeness (QED) is 0.647. The molecule has 0 atom stereocenters. The number of ether oxygens (including phenoxy) is 1. The summed E-state index contributed by atoms with van der Waals surface area (Å²) in [5.74, 6) is -0.477. The molecule has 0 saturated heterocycles. The van der Waals surface area contributed by atoms with Crippen LogP contribution in [0.25, 0.3) is 0 Å². The van der Waals surface area contributed by atoms with Crippen LogP contribution < -0.4 is 10.1 Å². The summed E-state index contributed by atoms with van der Waals surface area (Å²) in [6, 6.07) is 20.4. The van der Waals surface area contributed by atoms with Gasteiger partial charge in [-0.3, -0.25) is 0 Å². The summed E-state index contributed by atoms with van der Waals surface area (Å²) in [7, 11) is 0. The van der Waals surface area contributed by atoms with Crippen molar-refractivity contribution in [1.29, 1.82) is 0 Å². The fourth-order valence-electron chi connectivity index (χ4n) is 2.46. The number of para-hydroxylation sites is 1. The van der Waals surface area contributed by atoms with Crippen LogP contribution in [0.5, 0.6) is 5.75 Å². The molecule has 2 N–H and O–H groups in total. The zero-order valence-corrected chi connectivity index (χ0v) is 14.0. The van der Waals surface area contributed by atoms with Crippen molar-refractivity contribution in [3.05, 3.63) is 95.3 Å². The van der Waals surface area contributed by atoms with Crippen molar-refractivity contribution in [3.63, 3.8) is 0 Å². The highest BCUT2D eigenvalue weighted by molar-refractivity contribution is 5.87. The van der Waals surface area contributed by atoms with Crippen LogP contribution in [0.2, 0.25) is 0 Å². The number of halogens is 1. The number of nitrogens with one attached hydrogen (secondary N) is 1. The number of aromatic carboxylic acids is 1. The largest absolute Gasteiger partial charge is 0.489 e. The van der Waals surface area contributed by atoms with Crippen LogP contribution in [0.15, 0.2) is 72.8 Å². The summed E-state index contributed by atoms with van der Waals surface area (Å²) >= 11 is 0. The van der Waals surface area contributed by atoms with Gasteiger partial charge in [0.1, 0.15) is 18.2 Å². The Hall–Kier alpha value is -3.34. The Morgan fingerprint density at radius 3 is 2.35 bits per heavy atom. The number of hydrogen-bond donors (Lipinski definition) is 2. The number of carboxylic acid groups (broad SMARTS) is 1. The lowest BCUT2D eigenvalue weighted by molar-refractivity contribution is 0.0697. The van der Waals surface area contributed by atoms with Gasteiger partial charge in [0.05, 0.1) is 5.56 Å². The molecule has 0 spiro atoms. The second-order valence-corrected chi connectivity index (χ2v) is 5.76. The zero-order chi connectivity index (χ0) is 18.4. The highest BCUT2D eigenvalue weighted by Crippen LogP contribution is 2.21. The van der Waals surface area contributed by atoms with E-state index in [0.717, 1.165) is 22.6 Å². The van der Waals surface area contributed by atoms with E-state index in [9.17, 15) is 9.18 Å². The Morgan fingerprint density at radius 1 is 0.962 bits per heavy atom. The molecular formula is C21H18FNO3. The fraction of sp³-hybridized carbons (Fsp3) is 0.0952. The van der Waals surface area contributed by atoms with Crippen LogP contribution in [-0.4, -0.2) is 11.1 Å². The molecule has 0 aromatic heterocycles. The van der Waals surface area contributed by atoms with Gasteiger partial charge in [0.2, 0.25) is 0 Å². The van der Waals surface area contributed by atoms with E-state index in [2.05, 4.69) is 5.32 Å². The van der Waals surface area contributed by atoms with Crippen LogP contribution in [0.1, 0.15) is 21.5 Å². The van der Waals surface area contributed by atoms with Crippen molar-refractivity contribution in [3.8, 4) is 5.75 Å². The fourth-order valence-corrected chi connectivity index (χ4v) is 2.46. The van der Waals surface area contributed by atoms with E-state index in [-0.39, 0.29) is 11.4 Å². The maximum absolute atomic E-state index is 13.0. The van der Waals surface area contributed by atoms with Crippen molar-refractivity contribution in [2.45, 2.75) is 13.2 Å². The molecule has 4 nitrogen and oxygen atoms in total. The molecule has 0 aliphatic carbocycles. The maximum Gasteiger partial charge on any atom is 0.335 e. The minimum atomic E-state index is -0.948. The van der Waals surface area contributed by atoms with Crippen molar-refractivity contribution in [1.82, 2.24) is 0 Å². The first-order valence-corrected chi connectivity index (χ1v) is 8.14. The molecule has 0 saturated carbocycles. The molecule has 132 valence electrons. The summed E-state index contributed by atoms with van der Waals surface area (Å²) in [4.78, 5) is 10.9. The minimum absolute atomic E-state index is 0.249. The first-order valence-electron chi connectivity index (χ1n) is 8.14. The molecule has 0 aliphatic rings. The molecule has 0 fully saturated rings. The predicted molar refractivity (Wildman–Crippen MR) is 97.9 cm³/mol. The van der Waals surface area contributed by atoms with Crippen LogP contribution in [0.4, 0.5) is 10.1 Å². The number of benzene rings is 3. The van der Waals surface area contributed by atoms with E-state index >= 15 is 0 Å². The predicted octanol–water partition coefficient (Wildman–Crippen LogP) is 4.72. The lowest BCUT2D eigenvalue weighted by Crippen LogP contribution is -2.04. The third-order valence-electron chi connectivity index (χ3n) is 3.90. The van der Waals surface area contributed by atoms with Gasteiger partial charge in [0.25, 0.3) is 0 Å². The molecule has 26 heavy (non-hydrogen) atoms. The van der Waals surface area contributed by atoms with Gasteiger partial charge in [-0.1, -0.05) is 30.3 Å². The second-order valence-electron chi connectivity index (χ2n) is 5.76. The summed E-state index contributed by atoms with van der Waals surface area (Å²) in [6.07, 6.45) is 0. The van der Waals surface area contributed by atoms with Gasteiger partial charge in [-0.25, -0.2) is 9.18 Å². The summed E-state index contributed by atoms with van der Waals surface area (Å²) < 4.78 is 18.8. The number of carbonyl (C=O) groups is 1. The lowest BCUT2D eigenvalue weighted by atomic mass is 10.1. The molecule has 3 rings (SSSR count). The van der Waals surface area contributed by atoms with Crippen LogP contribution >= 0.6 is 0 Å². The Labute approximate surface area is 150 Å². The summed E-state index contributed by atoms with van der Waals surface area (Å²) in [5, 5.41) is 12.2. The van der Waals surface area contributed by atoms with Gasteiger partial charge in [0.15, 0.2) is 0 Å². The SMILES string of the molecule is O=C(O)c1ccc(NCc2ccccc2OCc2ccc(F)cc2)cc1. The average Bonchev–Trinajstić information content (AvgIpc) is 2.67. The highest BCUT2D eigenvalue weighted by atomic mass is 19.1. The second kappa shape index (κ2) is 8.16. The van der Waals surface area contributed by atoms with Crippen molar-refractivity contribution in [2.75, 3.05) is 5.32 Å². The molecule has 0 amide bonds. The topological polar surface area (TPSA) is 58.6 Å². The minimum Gasteiger partial charge on any atom is -0.489 e.